The molecule has 0 heterocycles. The number of carbonyl (C=O) groups is 1. The van der Waals surface area contributed by atoms with E-state index in [1.165, 1.54) is 5.56 Å². The Kier molecular flexibility index (Phi) is 8.09. The highest BCUT2D eigenvalue weighted by Gasteiger charge is 2.10. The molecule has 138 valence electrons. The fraction of sp³-hybridized carbons (Fsp3) is 0.333. The van der Waals surface area contributed by atoms with E-state index >= 15 is 0 Å². The molecule has 2 aromatic rings. The summed E-state index contributed by atoms with van der Waals surface area (Å²) in [5, 5.41) is 6.97. The zero-order chi connectivity index (χ0) is 18.8. The van der Waals surface area contributed by atoms with E-state index in [0.717, 1.165) is 25.1 Å². The van der Waals surface area contributed by atoms with E-state index in [2.05, 4.69) is 41.8 Å². The number of benzene rings is 2. The van der Waals surface area contributed by atoms with Crippen LogP contribution in [0.1, 0.15) is 36.2 Å². The van der Waals surface area contributed by atoms with E-state index in [9.17, 15) is 4.79 Å². The molecule has 5 heteroatoms. The first-order valence-electron chi connectivity index (χ1n) is 8.98. The Morgan fingerprint density at radius 2 is 1.88 bits per heavy atom. The first kappa shape index (κ1) is 19.9. The number of esters is 1. The van der Waals surface area contributed by atoms with Crippen LogP contribution in [-0.2, 0) is 11.2 Å². The molecule has 2 rings (SSSR count). The van der Waals surface area contributed by atoms with Crippen molar-refractivity contribution in [3.63, 3.8) is 0 Å². The van der Waals surface area contributed by atoms with Gasteiger partial charge in [0.05, 0.1) is 12.2 Å². The zero-order valence-electron chi connectivity index (χ0n) is 15.3. The number of hydrogen-bond acceptors (Lipinski definition) is 3. The standard InChI is InChI=1S/C21H26N2O2S/c1-3-16(13-17-9-6-5-7-10-17)15-22-21(26)23-19-12-8-11-18(14-19)20(24)25-4-2/h5-12,14,16H,3-4,13,15H2,1-2H3,(H2,22,23,26)/t16-/m1/s1. The third kappa shape index (κ3) is 6.48. The van der Waals surface area contributed by atoms with E-state index in [0.29, 0.717) is 23.2 Å². The highest BCUT2D eigenvalue weighted by Crippen LogP contribution is 2.13. The Labute approximate surface area is 161 Å². The van der Waals surface area contributed by atoms with Gasteiger partial charge in [-0.2, -0.15) is 0 Å². The molecule has 0 aromatic heterocycles. The van der Waals surface area contributed by atoms with Gasteiger partial charge in [0, 0.05) is 12.2 Å². The van der Waals surface area contributed by atoms with Crippen LogP contribution in [0.4, 0.5) is 5.69 Å². The topological polar surface area (TPSA) is 50.4 Å². The van der Waals surface area contributed by atoms with E-state index < -0.39 is 0 Å². The maximum Gasteiger partial charge on any atom is 0.338 e. The van der Waals surface area contributed by atoms with Gasteiger partial charge in [-0.05, 0) is 55.2 Å². The van der Waals surface area contributed by atoms with Crippen molar-refractivity contribution in [2.75, 3.05) is 18.5 Å². The second kappa shape index (κ2) is 10.6. The van der Waals surface area contributed by atoms with Gasteiger partial charge in [0.1, 0.15) is 0 Å². The van der Waals surface area contributed by atoms with E-state index in [1.54, 1.807) is 25.1 Å². The Hall–Kier alpha value is -2.40. The summed E-state index contributed by atoms with van der Waals surface area (Å²) in [6.45, 7) is 5.14. The molecule has 0 aliphatic rings. The SMILES string of the molecule is CCOC(=O)c1cccc(NC(=S)NC[C@H](CC)Cc2ccccc2)c1. The number of rotatable bonds is 8. The molecule has 0 saturated heterocycles. The summed E-state index contributed by atoms with van der Waals surface area (Å²) in [5.41, 5.74) is 2.61. The third-order valence-electron chi connectivity index (χ3n) is 4.13. The first-order valence-corrected chi connectivity index (χ1v) is 9.39. The molecule has 26 heavy (non-hydrogen) atoms. The van der Waals surface area contributed by atoms with Crippen LogP contribution in [0, 0.1) is 5.92 Å². The predicted octanol–water partition coefficient (Wildman–Crippen LogP) is 4.42. The van der Waals surface area contributed by atoms with Gasteiger partial charge in [-0.3, -0.25) is 0 Å². The van der Waals surface area contributed by atoms with Crippen molar-refractivity contribution >= 4 is 29.0 Å². The molecule has 0 unspecified atom stereocenters. The van der Waals surface area contributed by atoms with Gasteiger partial charge in [-0.15, -0.1) is 0 Å². The van der Waals surface area contributed by atoms with Gasteiger partial charge in [0.25, 0.3) is 0 Å². The lowest BCUT2D eigenvalue weighted by molar-refractivity contribution is 0.0526. The van der Waals surface area contributed by atoms with Crippen LogP contribution in [0.3, 0.4) is 0 Å². The first-order chi connectivity index (χ1) is 12.6. The average molecular weight is 371 g/mol. The molecule has 0 saturated carbocycles. The summed E-state index contributed by atoms with van der Waals surface area (Å²) >= 11 is 5.39. The van der Waals surface area contributed by atoms with Gasteiger partial charge >= 0.3 is 5.97 Å². The van der Waals surface area contributed by atoms with Gasteiger partial charge in [0.2, 0.25) is 0 Å². The number of nitrogens with one attached hydrogen (secondary N) is 2. The lowest BCUT2D eigenvalue weighted by Crippen LogP contribution is -2.33. The van der Waals surface area contributed by atoms with Crippen LogP contribution in [0.2, 0.25) is 0 Å². The van der Waals surface area contributed by atoms with Crippen LogP contribution >= 0.6 is 12.2 Å². The molecule has 0 aliphatic heterocycles. The predicted molar refractivity (Wildman–Crippen MR) is 111 cm³/mol. The minimum absolute atomic E-state index is 0.330. The molecule has 0 bridgehead atoms. The molecule has 4 nitrogen and oxygen atoms in total. The van der Waals surface area contributed by atoms with Crippen LogP contribution in [0.5, 0.6) is 0 Å². The molecule has 0 amide bonds. The number of anilines is 1. The normalized spacial score (nSPS) is 11.5. The Bertz CT molecular complexity index is 719. The molecule has 0 radical (unpaired) electrons. The summed E-state index contributed by atoms with van der Waals surface area (Å²) in [6.07, 6.45) is 2.09. The van der Waals surface area contributed by atoms with Crippen molar-refractivity contribution in [2.45, 2.75) is 26.7 Å². The van der Waals surface area contributed by atoms with Crippen LogP contribution in [0.25, 0.3) is 0 Å². The van der Waals surface area contributed by atoms with Crippen LogP contribution < -0.4 is 10.6 Å². The van der Waals surface area contributed by atoms with Crippen molar-refractivity contribution in [1.29, 1.82) is 0 Å². The summed E-state index contributed by atoms with van der Waals surface area (Å²) in [5.74, 6) is 0.173. The molecule has 1 atom stereocenters. The van der Waals surface area contributed by atoms with Crippen molar-refractivity contribution in [3.05, 3.63) is 65.7 Å². The Morgan fingerprint density at radius 3 is 2.58 bits per heavy atom. The maximum absolute atomic E-state index is 11.8. The van der Waals surface area contributed by atoms with Crippen molar-refractivity contribution in [3.8, 4) is 0 Å². The Balaban J connectivity index is 1.86. The third-order valence-corrected chi connectivity index (χ3v) is 4.37. The minimum Gasteiger partial charge on any atom is -0.462 e. The molecule has 0 aliphatic carbocycles. The van der Waals surface area contributed by atoms with Gasteiger partial charge < -0.3 is 15.4 Å². The lowest BCUT2D eigenvalue weighted by Gasteiger charge is -2.18. The summed E-state index contributed by atoms with van der Waals surface area (Å²) < 4.78 is 5.02. The number of carbonyl (C=O) groups excluding carboxylic acids is 1. The summed E-state index contributed by atoms with van der Waals surface area (Å²) in [6, 6.07) is 17.6. The summed E-state index contributed by atoms with van der Waals surface area (Å²) in [4.78, 5) is 11.8. The van der Waals surface area contributed by atoms with E-state index in [1.807, 2.05) is 12.1 Å². The number of thiocarbonyl (C=S) groups is 1. The summed E-state index contributed by atoms with van der Waals surface area (Å²) in [7, 11) is 0. The van der Waals surface area contributed by atoms with Crippen LogP contribution in [-0.4, -0.2) is 24.2 Å². The number of ether oxygens (including phenoxy) is 1. The van der Waals surface area contributed by atoms with E-state index in [4.69, 9.17) is 17.0 Å². The minimum atomic E-state index is -0.330. The van der Waals surface area contributed by atoms with Crippen molar-refractivity contribution in [2.24, 2.45) is 5.92 Å². The second-order valence-electron chi connectivity index (χ2n) is 6.10. The fourth-order valence-electron chi connectivity index (χ4n) is 2.66. The van der Waals surface area contributed by atoms with Gasteiger partial charge in [-0.25, -0.2) is 4.79 Å². The molecule has 0 fully saturated rings. The van der Waals surface area contributed by atoms with Crippen LogP contribution in [0.15, 0.2) is 54.6 Å². The Morgan fingerprint density at radius 1 is 1.12 bits per heavy atom. The van der Waals surface area contributed by atoms with E-state index in [-0.39, 0.29) is 5.97 Å². The monoisotopic (exact) mass is 370 g/mol. The largest absolute Gasteiger partial charge is 0.462 e. The molecule has 2 N–H and O–H groups in total. The average Bonchev–Trinajstić information content (AvgIpc) is 2.66. The second-order valence-corrected chi connectivity index (χ2v) is 6.51. The highest BCUT2D eigenvalue weighted by molar-refractivity contribution is 7.80. The molecule has 2 aromatic carbocycles. The smallest absolute Gasteiger partial charge is 0.338 e. The zero-order valence-corrected chi connectivity index (χ0v) is 16.1. The number of hydrogen-bond donors (Lipinski definition) is 2. The quantitative estimate of drug-likeness (QED) is 0.532. The van der Waals surface area contributed by atoms with Crippen molar-refractivity contribution in [1.82, 2.24) is 5.32 Å². The molecular formula is C21H26N2O2S. The highest BCUT2D eigenvalue weighted by atomic mass is 32.1. The van der Waals surface area contributed by atoms with Crippen molar-refractivity contribution < 1.29 is 9.53 Å². The molecular weight excluding hydrogens is 344 g/mol. The lowest BCUT2D eigenvalue weighted by atomic mass is 9.97. The van der Waals surface area contributed by atoms with Gasteiger partial charge in [0.15, 0.2) is 5.11 Å². The fourth-order valence-corrected chi connectivity index (χ4v) is 2.86. The maximum atomic E-state index is 11.8. The molecule has 0 spiro atoms. The van der Waals surface area contributed by atoms with Gasteiger partial charge in [-0.1, -0.05) is 49.7 Å².